The van der Waals surface area contributed by atoms with E-state index in [9.17, 15) is 0 Å². The second-order valence-corrected chi connectivity index (χ2v) is 6.11. The fourth-order valence-corrected chi connectivity index (χ4v) is 3.37. The van der Waals surface area contributed by atoms with Crippen LogP contribution in [0.25, 0.3) is 10.8 Å². The smallest absolute Gasteiger partial charge is 0.137 e. The van der Waals surface area contributed by atoms with Gasteiger partial charge >= 0.3 is 0 Å². The summed E-state index contributed by atoms with van der Waals surface area (Å²) in [5.74, 6) is 0.951. The maximum Gasteiger partial charge on any atom is 0.137 e. The van der Waals surface area contributed by atoms with Crippen molar-refractivity contribution in [2.24, 2.45) is 0 Å². The van der Waals surface area contributed by atoms with Gasteiger partial charge in [0, 0.05) is 0 Å². The predicted molar refractivity (Wildman–Crippen MR) is 84.4 cm³/mol. The number of piperazine rings is 1. The van der Waals surface area contributed by atoms with E-state index in [4.69, 9.17) is 4.74 Å². The van der Waals surface area contributed by atoms with Gasteiger partial charge in [0.15, 0.2) is 0 Å². The molecule has 3 rings (SSSR count). The fourth-order valence-electron chi connectivity index (χ4n) is 2.76. The molecule has 1 saturated heterocycles. The zero-order valence-corrected chi connectivity index (χ0v) is 13.2. The average Bonchev–Trinajstić information content (AvgIpc) is 2.51. The lowest BCUT2D eigenvalue weighted by atomic mass is 10.1. The molecule has 0 saturated carbocycles. The molecule has 0 amide bonds. The third-order valence-electron chi connectivity index (χ3n) is 3.95. The highest BCUT2D eigenvalue weighted by Gasteiger charge is 2.15. The van der Waals surface area contributed by atoms with Gasteiger partial charge in [-0.2, -0.15) is 0 Å². The van der Waals surface area contributed by atoms with Crippen LogP contribution in [-0.2, 0) is 0 Å². The first kappa shape index (κ1) is 13.9. The lowest BCUT2D eigenvalue weighted by Gasteiger charge is -2.22. The van der Waals surface area contributed by atoms with Crippen LogP contribution < -0.4 is 15.0 Å². The molecule has 20 heavy (non-hydrogen) atoms. The van der Waals surface area contributed by atoms with E-state index in [0.717, 1.165) is 23.4 Å². The maximum atomic E-state index is 5.97. The maximum absolute atomic E-state index is 5.97. The largest absolute Gasteiger partial charge is 0.487 e. The quantitative estimate of drug-likeness (QED) is 0.834. The SMILES string of the molecule is Brc1c(OCC[NH+]2CC[NH2+]CC2)ccc2ccccc12. The monoisotopic (exact) mass is 336 g/mol. The van der Waals surface area contributed by atoms with Gasteiger partial charge in [0.25, 0.3) is 0 Å². The molecule has 0 aliphatic carbocycles. The minimum Gasteiger partial charge on any atom is -0.487 e. The predicted octanol–water partition coefficient (Wildman–Crippen LogP) is 0.443. The van der Waals surface area contributed by atoms with E-state index in [-0.39, 0.29) is 0 Å². The number of quaternary nitrogens is 2. The molecule has 0 atom stereocenters. The van der Waals surface area contributed by atoms with E-state index in [1.165, 1.54) is 37.0 Å². The highest BCUT2D eigenvalue weighted by molar-refractivity contribution is 9.10. The van der Waals surface area contributed by atoms with Gasteiger partial charge in [-0.3, -0.25) is 0 Å². The summed E-state index contributed by atoms with van der Waals surface area (Å²) in [5.41, 5.74) is 0. The molecule has 3 nitrogen and oxygen atoms in total. The molecule has 1 heterocycles. The van der Waals surface area contributed by atoms with Crippen molar-refractivity contribution in [1.29, 1.82) is 0 Å². The van der Waals surface area contributed by atoms with Gasteiger partial charge in [-0.15, -0.1) is 0 Å². The fraction of sp³-hybridized carbons (Fsp3) is 0.375. The molecule has 1 aliphatic heterocycles. The number of fused-ring (bicyclic) bond motifs is 1. The zero-order chi connectivity index (χ0) is 13.8. The Bertz CT molecular complexity index is 582. The summed E-state index contributed by atoms with van der Waals surface area (Å²) in [7, 11) is 0. The van der Waals surface area contributed by atoms with Crippen LogP contribution in [-0.4, -0.2) is 39.3 Å². The third kappa shape index (κ3) is 3.14. The molecule has 1 aliphatic rings. The molecular formula is C16H21BrN2O+2. The zero-order valence-electron chi connectivity index (χ0n) is 11.6. The minimum atomic E-state index is 0.784. The average molecular weight is 337 g/mol. The van der Waals surface area contributed by atoms with E-state index in [1.54, 1.807) is 4.90 Å². The highest BCUT2D eigenvalue weighted by atomic mass is 79.9. The van der Waals surface area contributed by atoms with Crippen molar-refractivity contribution in [3.05, 3.63) is 40.9 Å². The molecule has 1 fully saturated rings. The van der Waals surface area contributed by atoms with Crippen molar-refractivity contribution >= 4 is 26.7 Å². The molecular weight excluding hydrogens is 316 g/mol. The first-order valence-electron chi connectivity index (χ1n) is 7.30. The van der Waals surface area contributed by atoms with Crippen molar-refractivity contribution in [3.8, 4) is 5.75 Å². The minimum absolute atomic E-state index is 0.784. The lowest BCUT2D eigenvalue weighted by Crippen LogP contribution is -3.20. The van der Waals surface area contributed by atoms with E-state index >= 15 is 0 Å². The first-order valence-corrected chi connectivity index (χ1v) is 8.09. The Morgan fingerprint density at radius 1 is 1.10 bits per heavy atom. The Labute approximate surface area is 128 Å². The van der Waals surface area contributed by atoms with E-state index in [0.29, 0.717) is 0 Å². The van der Waals surface area contributed by atoms with Crippen LogP contribution in [0.1, 0.15) is 0 Å². The Hall–Kier alpha value is -1.10. The Kier molecular flexibility index (Phi) is 4.55. The molecule has 2 aromatic carbocycles. The van der Waals surface area contributed by atoms with Crippen LogP contribution in [0.3, 0.4) is 0 Å². The lowest BCUT2D eigenvalue weighted by molar-refractivity contribution is -0.946. The Morgan fingerprint density at radius 3 is 2.75 bits per heavy atom. The summed E-state index contributed by atoms with van der Waals surface area (Å²) in [5, 5.41) is 4.85. The third-order valence-corrected chi connectivity index (χ3v) is 4.76. The molecule has 0 spiro atoms. The molecule has 2 aromatic rings. The normalized spacial score (nSPS) is 16.4. The number of hydrogen-bond donors (Lipinski definition) is 2. The van der Waals surface area contributed by atoms with Crippen LogP contribution in [0.4, 0.5) is 0 Å². The van der Waals surface area contributed by atoms with Crippen molar-refractivity contribution in [2.75, 3.05) is 39.3 Å². The van der Waals surface area contributed by atoms with Gasteiger partial charge in [-0.25, -0.2) is 0 Å². The van der Waals surface area contributed by atoms with Gasteiger partial charge in [0.1, 0.15) is 45.1 Å². The second kappa shape index (κ2) is 6.57. The Balaban J connectivity index is 1.63. The molecule has 0 unspecified atom stereocenters. The summed E-state index contributed by atoms with van der Waals surface area (Å²) < 4.78 is 7.04. The number of nitrogens with one attached hydrogen (secondary N) is 1. The summed E-state index contributed by atoms with van der Waals surface area (Å²) >= 11 is 3.67. The standard InChI is InChI=1S/C16H19BrN2O/c17-16-14-4-2-1-3-13(14)5-6-15(16)20-12-11-19-9-7-18-8-10-19/h1-6,18H,7-12H2/p+2. The first-order chi connectivity index (χ1) is 9.84. The summed E-state index contributed by atoms with van der Waals surface area (Å²) in [6.07, 6.45) is 0. The molecule has 0 bridgehead atoms. The van der Waals surface area contributed by atoms with Crippen molar-refractivity contribution < 1.29 is 15.0 Å². The summed E-state index contributed by atoms with van der Waals surface area (Å²) in [4.78, 5) is 1.66. The van der Waals surface area contributed by atoms with E-state index in [2.05, 4.69) is 57.6 Å². The number of benzene rings is 2. The Morgan fingerprint density at radius 2 is 1.90 bits per heavy atom. The second-order valence-electron chi connectivity index (χ2n) is 5.31. The molecule has 0 radical (unpaired) electrons. The van der Waals surface area contributed by atoms with Crippen molar-refractivity contribution in [3.63, 3.8) is 0 Å². The van der Waals surface area contributed by atoms with Crippen LogP contribution in [0, 0.1) is 0 Å². The molecule has 0 aromatic heterocycles. The number of hydrogen-bond acceptors (Lipinski definition) is 1. The van der Waals surface area contributed by atoms with E-state index in [1.807, 2.05) is 0 Å². The van der Waals surface area contributed by atoms with Crippen LogP contribution >= 0.6 is 15.9 Å². The number of nitrogens with two attached hydrogens (primary N) is 1. The summed E-state index contributed by atoms with van der Waals surface area (Å²) in [6, 6.07) is 12.6. The van der Waals surface area contributed by atoms with Crippen molar-refractivity contribution in [2.45, 2.75) is 0 Å². The van der Waals surface area contributed by atoms with Gasteiger partial charge in [0.2, 0.25) is 0 Å². The van der Waals surface area contributed by atoms with Crippen molar-refractivity contribution in [1.82, 2.24) is 0 Å². The number of ether oxygens (including phenoxy) is 1. The van der Waals surface area contributed by atoms with Gasteiger partial charge in [0.05, 0.1) is 4.47 Å². The van der Waals surface area contributed by atoms with Gasteiger partial charge < -0.3 is 15.0 Å². The number of halogens is 1. The highest BCUT2D eigenvalue weighted by Crippen LogP contribution is 2.32. The summed E-state index contributed by atoms with van der Waals surface area (Å²) in [6.45, 7) is 6.87. The van der Waals surface area contributed by atoms with Crippen LogP contribution in [0.15, 0.2) is 40.9 Å². The topological polar surface area (TPSA) is 30.3 Å². The molecule has 106 valence electrons. The van der Waals surface area contributed by atoms with Crippen LogP contribution in [0.5, 0.6) is 5.75 Å². The van der Waals surface area contributed by atoms with E-state index < -0.39 is 0 Å². The van der Waals surface area contributed by atoms with Crippen LogP contribution in [0.2, 0.25) is 0 Å². The molecule has 3 N–H and O–H groups in total. The van der Waals surface area contributed by atoms with Gasteiger partial charge in [-0.1, -0.05) is 30.3 Å². The van der Waals surface area contributed by atoms with Gasteiger partial charge in [-0.05, 0) is 32.8 Å². The molecule has 4 heteroatoms. The number of rotatable bonds is 4.